The Bertz CT molecular complexity index is 783. The molecule has 0 aliphatic carbocycles. The third-order valence-electron chi connectivity index (χ3n) is 3.14. The molecule has 0 spiro atoms. The predicted molar refractivity (Wildman–Crippen MR) is 87.2 cm³/mol. The SMILES string of the molecule is COc1ccccc1Nc1ccc(NC(=O)c2ccco2)nc1. The molecule has 2 N–H and O–H groups in total. The molecule has 23 heavy (non-hydrogen) atoms. The summed E-state index contributed by atoms with van der Waals surface area (Å²) in [4.78, 5) is 16.1. The minimum absolute atomic E-state index is 0.239. The van der Waals surface area contributed by atoms with Crippen LogP contribution in [0.25, 0.3) is 0 Å². The molecule has 0 unspecified atom stereocenters. The van der Waals surface area contributed by atoms with Crippen LogP contribution in [0, 0.1) is 0 Å². The van der Waals surface area contributed by atoms with E-state index in [-0.39, 0.29) is 11.7 Å². The maximum absolute atomic E-state index is 11.9. The molecule has 0 atom stereocenters. The van der Waals surface area contributed by atoms with Gasteiger partial charge in [0.1, 0.15) is 11.6 Å². The first kappa shape index (κ1) is 14.6. The Morgan fingerprint density at radius 1 is 1.13 bits per heavy atom. The van der Waals surface area contributed by atoms with E-state index in [0.717, 1.165) is 17.1 Å². The first-order chi connectivity index (χ1) is 11.3. The van der Waals surface area contributed by atoms with E-state index in [9.17, 15) is 4.79 Å². The van der Waals surface area contributed by atoms with Crippen LogP contribution in [0.15, 0.2) is 65.4 Å². The van der Waals surface area contributed by atoms with E-state index >= 15 is 0 Å². The molecule has 3 aromatic rings. The summed E-state index contributed by atoms with van der Waals surface area (Å²) in [6, 6.07) is 14.4. The minimum atomic E-state index is -0.340. The highest BCUT2D eigenvalue weighted by molar-refractivity contribution is 6.01. The van der Waals surface area contributed by atoms with Crippen LogP contribution in [0.4, 0.5) is 17.2 Å². The van der Waals surface area contributed by atoms with Gasteiger partial charge in [0.25, 0.3) is 5.91 Å². The summed E-state index contributed by atoms with van der Waals surface area (Å²) in [6.07, 6.45) is 3.08. The topological polar surface area (TPSA) is 76.4 Å². The normalized spacial score (nSPS) is 10.1. The van der Waals surface area contributed by atoms with E-state index < -0.39 is 0 Å². The number of rotatable bonds is 5. The van der Waals surface area contributed by atoms with Gasteiger partial charge in [-0.1, -0.05) is 12.1 Å². The summed E-state index contributed by atoms with van der Waals surface area (Å²) in [5.74, 6) is 1.08. The van der Waals surface area contributed by atoms with Gasteiger partial charge in [0.15, 0.2) is 5.76 Å². The molecule has 1 aromatic carbocycles. The zero-order valence-electron chi connectivity index (χ0n) is 12.4. The van der Waals surface area contributed by atoms with Crippen LogP contribution in [0.2, 0.25) is 0 Å². The van der Waals surface area contributed by atoms with Gasteiger partial charge in [-0.15, -0.1) is 0 Å². The van der Waals surface area contributed by atoms with Crippen molar-refractivity contribution in [3.05, 3.63) is 66.8 Å². The molecule has 6 nitrogen and oxygen atoms in total. The molecule has 2 aromatic heterocycles. The second kappa shape index (κ2) is 6.65. The summed E-state index contributed by atoms with van der Waals surface area (Å²) < 4.78 is 10.3. The van der Waals surface area contributed by atoms with Crippen LogP contribution in [0.5, 0.6) is 5.75 Å². The van der Waals surface area contributed by atoms with Gasteiger partial charge in [-0.25, -0.2) is 4.98 Å². The van der Waals surface area contributed by atoms with Crippen molar-refractivity contribution >= 4 is 23.1 Å². The average Bonchev–Trinajstić information content (AvgIpc) is 3.12. The van der Waals surface area contributed by atoms with Crippen molar-refractivity contribution in [2.75, 3.05) is 17.7 Å². The lowest BCUT2D eigenvalue weighted by atomic mass is 10.2. The number of para-hydroxylation sites is 2. The Hall–Kier alpha value is -3.28. The van der Waals surface area contributed by atoms with E-state index in [1.165, 1.54) is 6.26 Å². The molecule has 116 valence electrons. The molecule has 2 heterocycles. The first-order valence-electron chi connectivity index (χ1n) is 6.97. The van der Waals surface area contributed by atoms with Gasteiger partial charge in [-0.05, 0) is 36.4 Å². The van der Waals surface area contributed by atoms with Crippen molar-refractivity contribution in [3.63, 3.8) is 0 Å². The van der Waals surface area contributed by atoms with E-state index in [4.69, 9.17) is 9.15 Å². The number of nitrogens with one attached hydrogen (secondary N) is 2. The Morgan fingerprint density at radius 3 is 2.70 bits per heavy atom. The third-order valence-corrected chi connectivity index (χ3v) is 3.14. The Balaban J connectivity index is 1.68. The fraction of sp³-hybridized carbons (Fsp3) is 0.0588. The largest absolute Gasteiger partial charge is 0.495 e. The molecular formula is C17H15N3O3. The molecule has 3 rings (SSSR count). The minimum Gasteiger partial charge on any atom is -0.495 e. The number of aromatic nitrogens is 1. The predicted octanol–water partition coefficient (Wildman–Crippen LogP) is 3.68. The number of benzene rings is 1. The van der Waals surface area contributed by atoms with Crippen molar-refractivity contribution in [2.24, 2.45) is 0 Å². The zero-order valence-corrected chi connectivity index (χ0v) is 12.4. The fourth-order valence-electron chi connectivity index (χ4n) is 2.03. The number of furan rings is 1. The van der Waals surface area contributed by atoms with Gasteiger partial charge in [0.05, 0.1) is 30.9 Å². The fourth-order valence-corrected chi connectivity index (χ4v) is 2.03. The summed E-state index contributed by atoms with van der Waals surface area (Å²) >= 11 is 0. The maximum atomic E-state index is 11.9. The second-order valence-electron chi connectivity index (χ2n) is 4.69. The van der Waals surface area contributed by atoms with Gasteiger partial charge in [-0.3, -0.25) is 4.79 Å². The quantitative estimate of drug-likeness (QED) is 0.752. The number of amides is 1. The summed E-state index contributed by atoms with van der Waals surface area (Å²) in [7, 11) is 1.62. The molecule has 6 heteroatoms. The lowest BCUT2D eigenvalue weighted by Gasteiger charge is -2.11. The lowest BCUT2D eigenvalue weighted by molar-refractivity contribution is 0.0996. The molecule has 0 fully saturated rings. The highest BCUT2D eigenvalue weighted by Crippen LogP contribution is 2.26. The molecule has 0 bridgehead atoms. The van der Waals surface area contributed by atoms with Gasteiger partial charge < -0.3 is 19.8 Å². The second-order valence-corrected chi connectivity index (χ2v) is 4.69. The molecule has 0 aliphatic heterocycles. The van der Waals surface area contributed by atoms with Crippen molar-refractivity contribution in [3.8, 4) is 5.75 Å². The van der Waals surface area contributed by atoms with Crippen molar-refractivity contribution < 1.29 is 13.9 Å². The van der Waals surface area contributed by atoms with Crippen molar-refractivity contribution in [1.82, 2.24) is 4.98 Å². The Kier molecular flexibility index (Phi) is 4.24. The van der Waals surface area contributed by atoms with Gasteiger partial charge in [-0.2, -0.15) is 0 Å². The molecular weight excluding hydrogens is 294 g/mol. The average molecular weight is 309 g/mol. The van der Waals surface area contributed by atoms with Crippen LogP contribution in [-0.2, 0) is 0 Å². The van der Waals surface area contributed by atoms with Crippen LogP contribution in [-0.4, -0.2) is 18.0 Å². The number of anilines is 3. The zero-order chi connectivity index (χ0) is 16.1. The maximum Gasteiger partial charge on any atom is 0.292 e. The number of nitrogens with zero attached hydrogens (tertiary/aromatic N) is 1. The number of pyridine rings is 1. The summed E-state index contributed by atoms with van der Waals surface area (Å²) in [5, 5.41) is 5.87. The third kappa shape index (κ3) is 3.49. The van der Waals surface area contributed by atoms with Gasteiger partial charge >= 0.3 is 0 Å². The van der Waals surface area contributed by atoms with E-state index in [0.29, 0.717) is 5.82 Å². The number of hydrogen-bond acceptors (Lipinski definition) is 5. The summed E-state index contributed by atoms with van der Waals surface area (Å²) in [6.45, 7) is 0. The number of carbonyl (C=O) groups excluding carboxylic acids is 1. The molecule has 0 saturated carbocycles. The highest BCUT2D eigenvalue weighted by atomic mass is 16.5. The van der Waals surface area contributed by atoms with E-state index in [2.05, 4.69) is 15.6 Å². The molecule has 0 saturated heterocycles. The number of ether oxygens (including phenoxy) is 1. The monoisotopic (exact) mass is 309 g/mol. The van der Waals surface area contributed by atoms with Gasteiger partial charge in [0, 0.05) is 0 Å². The highest BCUT2D eigenvalue weighted by Gasteiger charge is 2.09. The first-order valence-corrected chi connectivity index (χ1v) is 6.97. The lowest BCUT2D eigenvalue weighted by Crippen LogP contribution is -2.11. The van der Waals surface area contributed by atoms with Crippen LogP contribution in [0.3, 0.4) is 0 Å². The number of methoxy groups -OCH3 is 1. The molecule has 0 aliphatic rings. The van der Waals surface area contributed by atoms with E-state index in [1.807, 2.05) is 30.3 Å². The number of carbonyl (C=O) groups is 1. The summed E-state index contributed by atoms with van der Waals surface area (Å²) in [5.41, 5.74) is 1.62. The Morgan fingerprint density at radius 2 is 2.00 bits per heavy atom. The van der Waals surface area contributed by atoms with Crippen LogP contribution >= 0.6 is 0 Å². The molecule has 0 radical (unpaired) electrons. The van der Waals surface area contributed by atoms with Crippen molar-refractivity contribution in [1.29, 1.82) is 0 Å². The van der Waals surface area contributed by atoms with E-state index in [1.54, 1.807) is 31.5 Å². The molecule has 1 amide bonds. The Labute approximate surface area is 133 Å². The van der Waals surface area contributed by atoms with Crippen LogP contribution in [0.1, 0.15) is 10.6 Å². The van der Waals surface area contributed by atoms with Crippen molar-refractivity contribution in [2.45, 2.75) is 0 Å². The standard InChI is InChI=1S/C17H15N3O3/c1-22-14-6-3-2-5-13(14)19-12-8-9-16(18-11-12)20-17(21)15-7-4-10-23-15/h2-11,19H,1H3,(H,18,20,21). The smallest absolute Gasteiger partial charge is 0.292 e. The van der Waals surface area contributed by atoms with Gasteiger partial charge in [0.2, 0.25) is 0 Å². The van der Waals surface area contributed by atoms with Crippen LogP contribution < -0.4 is 15.4 Å². The number of hydrogen-bond donors (Lipinski definition) is 2.